The lowest BCUT2D eigenvalue weighted by molar-refractivity contribution is -0.0147. The van der Waals surface area contributed by atoms with Gasteiger partial charge in [0.25, 0.3) is 0 Å². The minimum atomic E-state index is 0.667. The highest BCUT2D eigenvalue weighted by Gasteiger charge is 2.12. The molecule has 0 saturated heterocycles. The van der Waals surface area contributed by atoms with E-state index in [4.69, 9.17) is 23.2 Å². The molecule has 14 heavy (non-hydrogen) atoms. The summed E-state index contributed by atoms with van der Waals surface area (Å²) in [5.41, 5.74) is 0. The van der Waals surface area contributed by atoms with Crippen molar-refractivity contribution in [2.75, 3.05) is 37.9 Å². The van der Waals surface area contributed by atoms with Crippen LogP contribution < -0.4 is 0 Å². The van der Waals surface area contributed by atoms with Crippen molar-refractivity contribution in [2.24, 2.45) is 0 Å². The smallest absolute Gasteiger partial charge is 0.0365 e. The molecule has 0 aromatic carbocycles. The molecule has 0 aliphatic carbocycles. The fourth-order valence-corrected chi connectivity index (χ4v) is 1.89. The highest BCUT2D eigenvalue weighted by molar-refractivity contribution is 6.18. The molecule has 0 heterocycles. The maximum Gasteiger partial charge on any atom is 0.0365 e. The molecule has 0 aromatic heterocycles. The molecule has 0 aromatic rings. The average molecular weight is 241 g/mol. The molecule has 0 unspecified atom stereocenters. The molecule has 0 amide bonds. The number of hydrazine groups is 1. The second kappa shape index (κ2) is 10.0. The van der Waals surface area contributed by atoms with Gasteiger partial charge in [-0.2, -0.15) is 0 Å². The van der Waals surface area contributed by atoms with Gasteiger partial charge in [0, 0.05) is 37.9 Å². The van der Waals surface area contributed by atoms with Crippen LogP contribution in [-0.4, -0.2) is 48.0 Å². The Balaban J connectivity index is 4.06. The molecule has 2 nitrogen and oxygen atoms in total. The van der Waals surface area contributed by atoms with Crippen LogP contribution in [0, 0.1) is 0 Å². The number of alkyl halides is 2. The Morgan fingerprint density at radius 1 is 0.714 bits per heavy atom. The van der Waals surface area contributed by atoms with Crippen LogP contribution in [0.1, 0.15) is 26.7 Å². The zero-order valence-corrected chi connectivity index (χ0v) is 10.8. The molecular formula is C10H22Cl2N2. The third-order valence-corrected chi connectivity index (χ3v) is 2.39. The first kappa shape index (κ1) is 14.5. The average Bonchev–Trinajstić information content (AvgIpc) is 2.17. The lowest BCUT2D eigenvalue weighted by Gasteiger charge is -2.33. The van der Waals surface area contributed by atoms with Crippen LogP contribution in [0.25, 0.3) is 0 Å². The molecule has 0 bridgehead atoms. The lowest BCUT2D eigenvalue weighted by atomic mass is 10.4. The van der Waals surface area contributed by atoms with Crippen molar-refractivity contribution < 1.29 is 0 Å². The molecule has 0 atom stereocenters. The first-order valence-corrected chi connectivity index (χ1v) is 6.48. The van der Waals surface area contributed by atoms with E-state index < -0.39 is 0 Å². The minimum Gasteiger partial charge on any atom is -0.242 e. The maximum absolute atomic E-state index is 5.76. The van der Waals surface area contributed by atoms with Crippen molar-refractivity contribution in [1.29, 1.82) is 0 Å². The van der Waals surface area contributed by atoms with E-state index in [9.17, 15) is 0 Å². The Morgan fingerprint density at radius 2 is 1.07 bits per heavy atom. The summed E-state index contributed by atoms with van der Waals surface area (Å²) in [6, 6.07) is 0. The first-order valence-electron chi connectivity index (χ1n) is 5.41. The summed E-state index contributed by atoms with van der Waals surface area (Å²) in [5, 5.41) is 4.64. The second-order valence-electron chi connectivity index (χ2n) is 3.29. The van der Waals surface area contributed by atoms with Gasteiger partial charge in [-0.1, -0.05) is 13.8 Å². The molecule has 0 aliphatic rings. The molecule has 86 valence electrons. The van der Waals surface area contributed by atoms with E-state index in [1.807, 2.05) is 0 Å². The number of nitrogens with zero attached hydrogens (tertiary/aromatic N) is 2. The van der Waals surface area contributed by atoms with Gasteiger partial charge in [-0.15, -0.1) is 23.2 Å². The standard InChI is InChI=1S/C10H22Cl2N2/c1-3-7-13(8-4-2)14(9-5-11)10-6-12/h3-10H2,1-2H3. The highest BCUT2D eigenvalue weighted by atomic mass is 35.5. The van der Waals surface area contributed by atoms with Crippen molar-refractivity contribution >= 4 is 23.2 Å². The van der Waals surface area contributed by atoms with Crippen LogP contribution in [0.5, 0.6) is 0 Å². The number of halogens is 2. The molecule has 0 radical (unpaired) electrons. The normalized spacial score (nSPS) is 11.6. The van der Waals surface area contributed by atoms with Crippen molar-refractivity contribution in [3.8, 4) is 0 Å². The lowest BCUT2D eigenvalue weighted by Crippen LogP contribution is -2.45. The molecular weight excluding hydrogens is 219 g/mol. The topological polar surface area (TPSA) is 6.48 Å². The van der Waals surface area contributed by atoms with Gasteiger partial charge in [0.2, 0.25) is 0 Å². The van der Waals surface area contributed by atoms with Gasteiger partial charge in [0.1, 0.15) is 0 Å². The van der Waals surface area contributed by atoms with Gasteiger partial charge in [-0.05, 0) is 12.8 Å². The maximum atomic E-state index is 5.76. The van der Waals surface area contributed by atoms with E-state index in [1.54, 1.807) is 0 Å². The predicted octanol–water partition coefficient (Wildman–Crippen LogP) is 2.80. The van der Waals surface area contributed by atoms with Crippen molar-refractivity contribution in [2.45, 2.75) is 26.7 Å². The minimum absolute atomic E-state index is 0.667. The summed E-state index contributed by atoms with van der Waals surface area (Å²) in [6.45, 7) is 8.39. The number of hydrogen-bond donors (Lipinski definition) is 0. The van der Waals surface area contributed by atoms with Crippen LogP contribution in [-0.2, 0) is 0 Å². The Morgan fingerprint density at radius 3 is 1.36 bits per heavy atom. The van der Waals surface area contributed by atoms with E-state index >= 15 is 0 Å². The molecule has 0 fully saturated rings. The van der Waals surface area contributed by atoms with Crippen molar-refractivity contribution in [3.63, 3.8) is 0 Å². The quantitative estimate of drug-likeness (QED) is 0.452. The molecule has 0 rings (SSSR count). The molecule has 0 saturated carbocycles. The van der Waals surface area contributed by atoms with Gasteiger partial charge in [-0.25, -0.2) is 10.0 Å². The third-order valence-electron chi connectivity index (χ3n) is 2.05. The van der Waals surface area contributed by atoms with Crippen LogP contribution in [0.4, 0.5) is 0 Å². The Hall–Kier alpha value is 0.500. The summed E-state index contributed by atoms with van der Waals surface area (Å²) < 4.78 is 0. The summed E-state index contributed by atoms with van der Waals surface area (Å²) in [7, 11) is 0. The summed E-state index contributed by atoms with van der Waals surface area (Å²) in [6.07, 6.45) is 2.34. The van der Waals surface area contributed by atoms with Gasteiger partial charge in [0.15, 0.2) is 0 Å². The Bertz CT molecular complexity index is 96.7. The predicted molar refractivity (Wildman–Crippen MR) is 65.2 cm³/mol. The first-order chi connectivity index (χ1) is 6.79. The Labute approximate surface area is 98.1 Å². The van der Waals surface area contributed by atoms with E-state index in [-0.39, 0.29) is 0 Å². The number of hydrogen-bond acceptors (Lipinski definition) is 2. The third kappa shape index (κ3) is 6.07. The van der Waals surface area contributed by atoms with Crippen LogP contribution in [0.2, 0.25) is 0 Å². The van der Waals surface area contributed by atoms with Crippen molar-refractivity contribution in [1.82, 2.24) is 10.0 Å². The fraction of sp³-hybridized carbons (Fsp3) is 1.00. The fourth-order valence-electron chi connectivity index (χ4n) is 1.50. The monoisotopic (exact) mass is 240 g/mol. The molecule has 0 aliphatic heterocycles. The molecule has 0 N–H and O–H groups in total. The van der Waals surface area contributed by atoms with Gasteiger partial charge < -0.3 is 0 Å². The van der Waals surface area contributed by atoms with E-state index in [2.05, 4.69) is 23.9 Å². The largest absolute Gasteiger partial charge is 0.242 e. The van der Waals surface area contributed by atoms with Gasteiger partial charge >= 0.3 is 0 Å². The van der Waals surface area contributed by atoms with Gasteiger partial charge in [-0.3, -0.25) is 0 Å². The summed E-state index contributed by atoms with van der Waals surface area (Å²) in [4.78, 5) is 0. The SMILES string of the molecule is CCCN(CCC)N(CCCl)CCCl. The summed E-state index contributed by atoms with van der Waals surface area (Å²) in [5.74, 6) is 1.33. The number of rotatable bonds is 9. The van der Waals surface area contributed by atoms with Crippen LogP contribution in [0.15, 0.2) is 0 Å². The van der Waals surface area contributed by atoms with E-state index in [1.165, 1.54) is 12.8 Å². The summed E-state index contributed by atoms with van der Waals surface area (Å²) >= 11 is 11.5. The second-order valence-corrected chi connectivity index (χ2v) is 4.04. The zero-order valence-electron chi connectivity index (χ0n) is 9.31. The zero-order chi connectivity index (χ0) is 10.8. The highest BCUT2D eigenvalue weighted by Crippen LogP contribution is 2.02. The molecule has 4 heteroatoms. The van der Waals surface area contributed by atoms with Crippen LogP contribution in [0.3, 0.4) is 0 Å². The van der Waals surface area contributed by atoms with Crippen LogP contribution >= 0.6 is 23.2 Å². The van der Waals surface area contributed by atoms with E-state index in [0.717, 1.165) is 26.2 Å². The van der Waals surface area contributed by atoms with E-state index in [0.29, 0.717) is 11.8 Å². The Kier molecular flexibility index (Phi) is 10.4. The molecule has 0 spiro atoms. The van der Waals surface area contributed by atoms with Crippen molar-refractivity contribution in [3.05, 3.63) is 0 Å². The van der Waals surface area contributed by atoms with Gasteiger partial charge in [0.05, 0.1) is 0 Å².